The molecule has 0 spiro atoms. The van der Waals surface area contributed by atoms with Gasteiger partial charge in [0.05, 0.1) is 6.10 Å². The van der Waals surface area contributed by atoms with E-state index in [4.69, 9.17) is 4.74 Å². The maximum Gasteiger partial charge on any atom is 0.423 e. The second-order valence-electron chi connectivity index (χ2n) is 5.64. The first kappa shape index (κ1) is 18.0. The summed E-state index contributed by atoms with van der Waals surface area (Å²) in [6.07, 6.45) is -4.22. The van der Waals surface area contributed by atoms with Crippen molar-refractivity contribution in [1.82, 2.24) is 9.97 Å². The second-order valence-corrected chi connectivity index (χ2v) is 5.64. The number of hydrogen-bond donors (Lipinski definition) is 0. The van der Waals surface area contributed by atoms with E-state index in [-0.39, 0.29) is 5.95 Å². The molecule has 4 nitrogen and oxygen atoms in total. The van der Waals surface area contributed by atoms with Crippen LogP contribution in [0.3, 0.4) is 0 Å². The van der Waals surface area contributed by atoms with Gasteiger partial charge in [-0.05, 0) is 45.4 Å². The zero-order valence-corrected chi connectivity index (χ0v) is 14.1. The third-order valence-corrected chi connectivity index (χ3v) is 3.26. The van der Waals surface area contributed by atoms with Crippen LogP contribution in [0.2, 0.25) is 0 Å². The highest BCUT2D eigenvalue weighted by atomic mass is 19.4. The summed E-state index contributed by atoms with van der Waals surface area (Å²) in [7, 11) is 0. The zero-order chi connectivity index (χ0) is 17.9. The lowest BCUT2D eigenvalue weighted by Crippen LogP contribution is -2.21. The van der Waals surface area contributed by atoms with E-state index in [9.17, 15) is 13.2 Å². The summed E-state index contributed by atoms with van der Waals surface area (Å²) >= 11 is 0. The lowest BCUT2D eigenvalue weighted by Gasteiger charge is -2.23. The van der Waals surface area contributed by atoms with Crippen LogP contribution in [0.4, 0.5) is 24.8 Å². The Bertz CT molecular complexity index is 702. The van der Waals surface area contributed by atoms with Gasteiger partial charge in [-0.2, -0.15) is 18.2 Å². The predicted molar refractivity (Wildman–Crippen MR) is 86.7 cm³/mol. The number of hydrogen-bond acceptors (Lipinski definition) is 4. The van der Waals surface area contributed by atoms with Crippen LogP contribution in [-0.4, -0.2) is 22.6 Å². The minimum absolute atomic E-state index is 0.173. The van der Waals surface area contributed by atoms with Crippen molar-refractivity contribution in [1.29, 1.82) is 0 Å². The Morgan fingerprint density at radius 3 is 2.50 bits per heavy atom. The van der Waals surface area contributed by atoms with Gasteiger partial charge in [0.1, 0.15) is 5.56 Å². The third-order valence-electron chi connectivity index (χ3n) is 3.26. The molecule has 0 atom stereocenters. The lowest BCUT2D eigenvalue weighted by molar-refractivity contribution is -0.139. The monoisotopic (exact) mass is 339 g/mol. The number of rotatable bonds is 5. The molecule has 2 aromatic rings. The minimum atomic E-state index is -4.57. The normalized spacial score (nSPS) is 11.7. The molecule has 0 saturated carbocycles. The van der Waals surface area contributed by atoms with Crippen molar-refractivity contribution >= 4 is 11.6 Å². The Balaban J connectivity index is 2.49. The summed E-state index contributed by atoms with van der Waals surface area (Å²) in [5.74, 6) is -0.277. The molecule has 7 heteroatoms. The molecule has 0 aliphatic carbocycles. The van der Waals surface area contributed by atoms with Gasteiger partial charge >= 0.3 is 6.18 Å². The SMILES string of the molecule is CCN(c1cccc(C)c1)c1ncc(C(F)(F)F)c(OC(C)C)n1. The third kappa shape index (κ3) is 4.15. The fraction of sp³-hybridized carbons (Fsp3) is 0.412. The summed E-state index contributed by atoms with van der Waals surface area (Å²) in [4.78, 5) is 9.67. The smallest absolute Gasteiger partial charge is 0.423 e. The van der Waals surface area contributed by atoms with E-state index in [1.807, 2.05) is 38.1 Å². The molecule has 1 aromatic carbocycles. The quantitative estimate of drug-likeness (QED) is 0.788. The summed E-state index contributed by atoms with van der Waals surface area (Å²) < 4.78 is 44.6. The molecule has 0 unspecified atom stereocenters. The zero-order valence-electron chi connectivity index (χ0n) is 14.1. The highest BCUT2D eigenvalue weighted by molar-refractivity contribution is 5.58. The van der Waals surface area contributed by atoms with Gasteiger partial charge in [-0.3, -0.25) is 0 Å². The molecule has 1 aromatic heterocycles. The van der Waals surface area contributed by atoms with Crippen LogP contribution in [-0.2, 0) is 6.18 Å². The first-order valence-corrected chi connectivity index (χ1v) is 7.67. The van der Waals surface area contributed by atoms with E-state index < -0.39 is 23.7 Å². The molecule has 0 saturated heterocycles. The Morgan fingerprint density at radius 1 is 1.25 bits per heavy atom. The fourth-order valence-electron chi connectivity index (χ4n) is 2.23. The number of aromatic nitrogens is 2. The fourth-order valence-corrected chi connectivity index (χ4v) is 2.23. The number of alkyl halides is 3. The van der Waals surface area contributed by atoms with Crippen molar-refractivity contribution in [3.8, 4) is 5.88 Å². The highest BCUT2D eigenvalue weighted by Crippen LogP contribution is 2.36. The molecule has 0 fully saturated rings. The topological polar surface area (TPSA) is 38.2 Å². The van der Waals surface area contributed by atoms with Gasteiger partial charge in [-0.15, -0.1) is 0 Å². The Labute approximate surface area is 139 Å². The molecule has 0 bridgehead atoms. The second kappa shape index (κ2) is 7.07. The van der Waals surface area contributed by atoms with Crippen LogP contribution in [0.15, 0.2) is 30.5 Å². The molecule has 1 heterocycles. The van der Waals surface area contributed by atoms with Gasteiger partial charge in [-0.25, -0.2) is 4.98 Å². The molecule has 130 valence electrons. The van der Waals surface area contributed by atoms with Gasteiger partial charge in [0.25, 0.3) is 0 Å². The number of aryl methyl sites for hydroxylation is 1. The Kier molecular flexibility index (Phi) is 5.31. The van der Waals surface area contributed by atoms with Gasteiger partial charge in [-0.1, -0.05) is 12.1 Å². The van der Waals surface area contributed by atoms with E-state index in [2.05, 4.69) is 9.97 Å². The van der Waals surface area contributed by atoms with E-state index in [1.165, 1.54) is 0 Å². The molecule has 0 aliphatic heterocycles. The van der Waals surface area contributed by atoms with Gasteiger partial charge in [0.2, 0.25) is 11.8 Å². The first-order valence-electron chi connectivity index (χ1n) is 7.67. The van der Waals surface area contributed by atoms with Crippen molar-refractivity contribution < 1.29 is 17.9 Å². The molecular formula is C17H20F3N3O. The van der Waals surface area contributed by atoms with Gasteiger partial charge in [0.15, 0.2) is 0 Å². The van der Waals surface area contributed by atoms with Crippen molar-refractivity contribution in [2.24, 2.45) is 0 Å². The molecule has 0 amide bonds. The summed E-state index contributed by atoms with van der Waals surface area (Å²) in [5, 5.41) is 0. The van der Waals surface area contributed by atoms with Crippen LogP contribution in [0, 0.1) is 6.92 Å². The van der Waals surface area contributed by atoms with Crippen molar-refractivity contribution in [3.05, 3.63) is 41.6 Å². The van der Waals surface area contributed by atoms with Crippen LogP contribution < -0.4 is 9.64 Å². The molecular weight excluding hydrogens is 319 g/mol. The summed E-state index contributed by atoms with van der Waals surface area (Å²) in [5.41, 5.74) is 0.879. The minimum Gasteiger partial charge on any atom is -0.474 e. The van der Waals surface area contributed by atoms with Gasteiger partial charge in [0, 0.05) is 18.4 Å². The number of benzene rings is 1. The maximum atomic E-state index is 13.1. The summed E-state index contributed by atoms with van der Waals surface area (Å²) in [6.45, 7) is 7.64. The maximum absolute atomic E-state index is 13.1. The van der Waals surface area contributed by atoms with E-state index in [1.54, 1.807) is 18.7 Å². The number of nitrogens with zero attached hydrogens (tertiary/aromatic N) is 3. The van der Waals surface area contributed by atoms with E-state index in [0.717, 1.165) is 17.4 Å². The predicted octanol–water partition coefficient (Wildman–Crippen LogP) is 4.75. The summed E-state index contributed by atoms with van der Waals surface area (Å²) in [6, 6.07) is 7.61. The Hall–Kier alpha value is -2.31. The molecule has 24 heavy (non-hydrogen) atoms. The van der Waals surface area contributed by atoms with Crippen LogP contribution >= 0.6 is 0 Å². The largest absolute Gasteiger partial charge is 0.474 e. The van der Waals surface area contributed by atoms with E-state index in [0.29, 0.717) is 6.54 Å². The van der Waals surface area contributed by atoms with Crippen LogP contribution in [0.5, 0.6) is 5.88 Å². The number of anilines is 2. The highest BCUT2D eigenvalue weighted by Gasteiger charge is 2.37. The average molecular weight is 339 g/mol. The lowest BCUT2D eigenvalue weighted by atomic mass is 10.2. The van der Waals surface area contributed by atoms with Crippen molar-refractivity contribution in [2.75, 3.05) is 11.4 Å². The van der Waals surface area contributed by atoms with Crippen LogP contribution in [0.25, 0.3) is 0 Å². The first-order chi connectivity index (χ1) is 11.2. The van der Waals surface area contributed by atoms with Gasteiger partial charge < -0.3 is 9.64 Å². The Morgan fingerprint density at radius 2 is 1.96 bits per heavy atom. The van der Waals surface area contributed by atoms with E-state index >= 15 is 0 Å². The molecule has 0 N–H and O–H groups in total. The standard InChI is InChI=1S/C17H20F3N3O/c1-5-23(13-8-6-7-12(4)9-13)16-21-10-14(17(18,19)20)15(22-16)24-11(2)3/h6-11H,5H2,1-4H3. The van der Waals surface area contributed by atoms with Crippen LogP contribution in [0.1, 0.15) is 31.9 Å². The van der Waals surface area contributed by atoms with Crippen molar-refractivity contribution in [2.45, 2.75) is 40.0 Å². The number of ether oxygens (including phenoxy) is 1. The molecule has 0 radical (unpaired) electrons. The molecule has 2 rings (SSSR count). The van der Waals surface area contributed by atoms with Crippen molar-refractivity contribution in [3.63, 3.8) is 0 Å². The average Bonchev–Trinajstić information content (AvgIpc) is 2.46. The number of halogens is 3. The molecule has 0 aliphatic rings.